The maximum Gasteiger partial charge on any atom is 0.306 e. The zero-order chi connectivity index (χ0) is 22.8. The fraction of sp³-hybridized carbons (Fsp3) is 0.815. The minimum Gasteiger partial charge on any atom is -0.457 e. The van der Waals surface area contributed by atoms with Crippen LogP contribution in [-0.2, 0) is 14.3 Å². The summed E-state index contributed by atoms with van der Waals surface area (Å²) in [6.07, 6.45) is 27.4. The second kappa shape index (κ2) is 25.1. The average molecular weight is 439 g/mol. The van der Waals surface area contributed by atoms with Crippen LogP contribution < -0.4 is 0 Å². The lowest BCUT2D eigenvalue weighted by atomic mass is 10.1. The Morgan fingerprint density at radius 3 is 1.94 bits per heavy atom. The van der Waals surface area contributed by atoms with Crippen LogP contribution in [-0.4, -0.2) is 37.0 Å². The van der Waals surface area contributed by atoms with Crippen LogP contribution in [0.25, 0.3) is 0 Å². The number of esters is 1. The van der Waals surface area contributed by atoms with Gasteiger partial charge in [0.1, 0.15) is 6.10 Å². The van der Waals surface area contributed by atoms with Gasteiger partial charge >= 0.3 is 5.97 Å². The van der Waals surface area contributed by atoms with Crippen molar-refractivity contribution in [3.63, 3.8) is 0 Å². The highest BCUT2D eigenvalue weighted by atomic mass is 16.6. The predicted octanol–water partition coefficient (Wildman–Crippen LogP) is 7.30. The molecule has 1 N–H and O–H groups in total. The van der Waals surface area contributed by atoms with Gasteiger partial charge in [-0.2, -0.15) is 0 Å². The Balaban J connectivity index is 3.32. The number of carbonyl (C=O) groups excluding carboxylic acids is 1. The van der Waals surface area contributed by atoms with Crippen molar-refractivity contribution in [3.8, 4) is 0 Å². The highest BCUT2D eigenvalue weighted by Gasteiger charge is 2.12. The smallest absolute Gasteiger partial charge is 0.306 e. The molecule has 0 aromatic rings. The molecule has 0 aromatic carbocycles. The van der Waals surface area contributed by atoms with E-state index in [1.54, 1.807) is 0 Å². The number of hydrogen-bond acceptors (Lipinski definition) is 4. The molecule has 0 spiro atoms. The third kappa shape index (κ3) is 23.4. The van der Waals surface area contributed by atoms with Gasteiger partial charge in [0.25, 0.3) is 0 Å². The summed E-state index contributed by atoms with van der Waals surface area (Å²) in [6.45, 7) is 4.96. The second-order valence-electron chi connectivity index (χ2n) is 8.41. The Bertz CT molecular complexity index is 431. The van der Waals surface area contributed by atoms with Crippen molar-refractivity contribution >= 4 is 5.97 Å². The number of ether oxygens (including phenoxy) is 2. The molecule has 0 heterocycles. The van der Waals surface area contributed by atoms with E-state index in [1.807, 2.05) is 6.92 Å². The fourth-order valence-electron chi connectivity index (χ4n) is 3.33. The van der Waals surface area contributed by atoms with Crippen LogP contribution in [0.1, 0.15) is 117 Å². The van der Waals surface area contributed by atoms with Crippen molar-refractivity contribution in [2.45, 2.75) is 123 Å². The number of unbranched alkanes of at least 4 members (excludes halogenated alkanes) is 11. The van der Waals surface area contributed by atoms with Crippen LogP contribution >= 0.6 is 0 Å². The molecular formula is C27H50O4. The molecule has 31 heavy (non-hydrogen) atoms. The normalized spacial score (nSPS) is 12.7. The van der Waals surface area contributed by atoms with E-state index >= 15 is 0 Å². The number of carbonyl (C=O) groups is 1. The van der Waals surface area contributed by atoms with Gasteiger partial charge in [0.15, 0.2) is 0 Å². The zero-order valence-electron chi connectivity index (χ0n) is 20.5. The molecule has 0 aliphatic carbocycles. The third-order valence-electron chi connectivity index (χ3n) is 5.25. The summed E-state index contributed by atoms with van der Waals surface area (Å²) in [5, 5.41) is 9.24. The molecule has 4 heteroatoms. The summed E-state index contributed by atoms with van der Waals surface area (Å²) in [5.74, 6) is -0.258. The minimum atomic E-state index is -0.527. The van der Waals surface area contributed by atoms with Crippen molar-refractivity contribution < 1.29 is 19.4 Å². The number of aliphatic hydroxyl groups excluding tert-OH is 1. The monoisotopic (exact) mass is 438 g/mol. The molecule has 0 aliphatic heterocycles. The van der Waals surface area contributed by atoms with E-state index in [0.29, 0.717) is 13.0 Å². The van der Waals surface area contributed by atoms with E-state index in [-0.39, 0.29) is 19.2 Å². The van der Waals surface area contributed by atoms with Gasteiger partial charge in [-0.15, -0.1) is 0 Å². The van der Waals surface area contributed by atoms with E-state index in [0.717, 1.165) is 19.3 Å². The molecular weight excluding hydrogens is 388 g/mol. The zero-order valence-corrected chi connectivity index (χ0v) is 20.5. The summed E-state index contributed by atoms with van der Waals surface area (Å²) >= 11 is 0. The third-order valence-corrected chi connectivity index (χ3v) is 5.25. The highest BCUT2D eigenvalue weighted by molar-refractivity contribution is 5.69. The van der Waals surface area contributed by atoms with Gasteiger partial charge in [0.2, 0.25) is 0 Å². The number of hydrogen-bond donors (Lipinski definition) is 1. The summed E-state index contributed by atoms with van der Waals surface area (Å²) in [7, 11) is 0. The fourth-order valence-corrected chi connectivity index (χ4v) is 3.33. The highest BCUT2D eigenvalue weighted by Crippen LogP contribution is 2.10. The molecule has 182 valence electrons. The molecule has 4 nitrogen and oxygen atoms in total. The van der Waals surface area contributed by atoms with Crippen molar-refractivity contribution in [2.24, 2.45) is 0 Å². The van der Waals surface area contributed by atoms with Crippen molar-refractivity contribution in [1.29, 1.82) is 0 Å². The Hall–Kier alpha value is -1.13. The maximum absolute atomic E-state index is 11.4. The van der Waals surface area contributed by atoms with E-state index in [9.17, 15) is 9.90 Å². The quantitative estimate of drug-likeness (QED) is 0.103. The van der Waals surface area contributed by atoms with Crippen LogP contribution in [0.5, 0.6) is 0 Å². The van der Waals surface area contributed by atoms with Crippen LogP contribution in [0.4, 0.5) is 0 Å². The lowest BCUT2D eigenvalue weighted by Crippen LogP contribution is -2.27. The van der Waals surface area contributed by atoms with Gasteiger partial charge in [0, 0.05) is 13.0 Å². The minimum absolute atomic E-state index is 0.179. The maximum atomic E-state index is 11.4. The van der Waals surface area contributed by atoms with Gasteiger partial charge in [0.05, 0.1) is 13.2 Å². The molecule has 0 saturated heterocycles. The van der Waals surface area contributed by atoms with Crippen LogP contribution in [0.3, 0.4) is 0 Å². The van der Waals surface area contributed by atoms with E-state index in [2.05, 4.69) is 31.2 Å². The van der Waals surface area contributed by atoms with Gasteiger partial charge in [-0.05, 0) is 44.9 Å². The largest absolute Gasteiger partial charge is 0.457 e. The van der Waals surface area contributed by atoms with E-state index in [4.69, 9.17) is 9.47 Å². The molecule has 0 bridgehead atoms. The van der Waals surface area contributed by atoms with E-state index in [1.165, 1.54) is 77.0 Å². The first-order valence-corrected chi connectivity index (χ1v) is 12.9. The topological polar surface area (TPSA) is 55.8 Å². The first-order valence-electron chi connectivity index (χ1n) is 12.9. The molecule has 0 fully saturated rings. The van der Waals surface area contributed by atoms with E-state index < -0.39 is 6.10 Å². The number of aliphatic hydroxyl groups is 1. The molecule has 0 radical (unpaired) electrons. The van der Waals surface area contributed by atoms with Crippen LogP contribution in [0, 0.1) is 0 Å². The molecule has 0 aromatic heterocycles. The van der Waals surface area contributed by atoms with Crippen molar-refractivity contribution in [3.05, 3.63) is 24.3 Å². The first-order chi connectivity index (χ1) is 15.2. The van der Waals surface area contributed by atoms with Crippen LogP contribution in [0.15, 0.2) is 24.3 Å². The predicted molar refractivity (Wildman–Crippen MR) is 131 cm³/mol. The van der Waals surface area contributed by atoms with Crippen molar-refractivity contribution in [2.75, 3.05) is 19.8 Å². The summed E-state index contributed by atoms with van der Waals surface area (Å²) < 4.78 is 10.7. The Kier molecular flexibility index (Phi) is 24.2. The first kappa shape index (κ1) is 29.9. The Morgan fingerprint density at radius 2 is 1.35 bits per heavy atom. The lowest BCUT2D eigenvalue weighted by Gasteiger charge is -2.15. The SMILES string of the molecule is CCCCC/C=C\C/C=C\CCCCCCCCCCOCC(CO)OC(=O)CCC. The van der Waals surface area contributed by atoms with Gasteiger partial charge in [-0.1, -0.05) is 89.5 Å². The second-order valence-corrected chi connectivity index (χ2v) is 8.41. The molecule has 1 atom stereocenters. The number of rotatable bonds is 23. The molecule has 0 rings (SSSR count). The van der Waals surface area contributed by atoms with Gasteiger partial charge in [-0.3, -0.25) is 4.79 Å². The van der Waals surface area contributed by atoms with Gasteiger partial charge < -0.3 is 14.6 Å². The molecule has 0 saturated carbocycles. The standard InChI is InChI=1S/C27H50O4/c1-3-5-6-7-8-9-10-11-12-13-14-15-16-17-18-19-20-21-23-30-25-26(24-28)31-27(29)22-4-2/h8-9,11-12,26,28H,3-7,10,13-25H2,1-2H3/b9-8-,12-11-. The summed E-state index contributed by atoms with van der Waals surface area (Å²) in [5.41, 5.74) is 0. The van der Waals surface area contributed by atoms with Crippen molar-refractivity contribution in [1.82, 2.24) is 0 Å². The molecule has 0 amide bonds. The molecule has 1 unspecified atom stereocenters. The number of allylic oxidation sites excluding steroid dienone is 4. The van der Waals surface area contributed by atoms with Crippen LogP contribution in [0.2, 0.25) is 0 Å². The summed E-state index contributed by atoms with van der Waals surface area (Å²) in [4.78, 5) is 11.4. The lowest BCUT2D eigenvalue weighted by molar-refractivity contribution is -0.154. The Morgan fingerprint density at radius 1 is 0.774 bits per heavy atom. The molecule has 0 aliphatic rings. The average Bonchev–Trinajstić information content (AvgIpc) is 2.77. The Labute approximate surface area is 192 Å². The summed E-state index contributed by atoms with van der Waals surface area (Å²) in [6, 6.07) is 0. The van der Waals surface area contributed by atoms with Gasteiger partial charge in [-0.25, -0.2) is 0 Å².